The van der Waals surface area contributed by atoms with Gasteiger partial charge in [0.05, 0.1) is 40.5 Å². The van der Waals surface area contributed by atoms with E-state index in [2.05, 4.69) is 10.6 Å². The van der Waals surface area contributed by atoms with Gasteiger partial charge in [0.1, 0.15) is 11.6 Å². The van der Waals surface area contributed by atoms with Crippen molar-refractivity contribution in [1.82, 2.24) is 5.32 Å². The summed E-state index contributed by atoms with van der Waals surface area (Å²) in [5, 5.41) is 16.2. The number of aromatic carboxylic acids is 1. The van der Waals surface area contributed by atoms with Crippen LogP contribution < -0.4 is 26.2 Å². The molecule has 0 radical (unpaired) electrons. The molecular formula is C47H51N5O8S. The Morgan fingerprint density at radius 2 is 1.52 bits per heavy atom. The van der Waals surface area contributed by atoms with Crippen molar-refractivity contribution < 1.29 is 38.6 Å². The molecule has 1 aliphatic rings. The number of fused-ring (bicyclic) bond motifs is 1. The van der Waals surface area contributed by atoms with Gasteiger partial charge in [0.25, 0.3) is 11.8 Å². The lowest BCUT2D eigenvalue weighted by molar-refractivity contribution is -0.120. The fourth-order valence-corrected chi connectivity index (χ4v) is 7.50. The Morgan fingerprint density at radius 1 is 0.836 bits per heavy atom. The van der Waals surface area contributed by atoms with Crippen molar-refractivity contribution in [3.63, 3.8) is 0 Å². The molecule has 6 rings (SSSR count). The third-order valence-corrected chi connectivity index (χ3v) is 10.4. The van der Waals surface area contributed by atoms with Gasteiger partial charge in [0.15, 0.2) is 5.78 Å². The molecule has 318 valence electrons. The number of hydrogen-bond donors (Lipinski definition) is 4. The smallest absolute Gasteiger partial charge is 0.338 e. The van der Waals surface area contributed by atoms with Gasteiger partial charge in [-0.05, 0) is 111 Å². The summed E-state index contributed by atoms with van der Waals surface area (Å²) in [5.74, 6) is -2.67. The van der Waals surface area contributed by atoms with Crippen LogP contribution in [-0.2, 0) is 14.9 Å². The number of carbonyl (C=O) groups excluding carboxylic acids is 5. The van der Waals surface area contributed by atoms with E-state index in [9.17, 15) is 28.8 Å². The van der Waals surface area contributed by atoms with Crippen LogP contribution in [0.15, 0.2) is 102 Å². The van der Waals surface area contributed by atoms with E-state index in [-0.39, 0.29) is 41.3 Å². The van der Waals surface area contributed by atoms with Gasteiger partial charge in [0.2, 0.25) is 0 Å². The molecule has 5 aromatic rings. The number of carboxylic acid groups (broad SMARTS) is 1. The van der Waals surface area contributed by atoms with Crippen LogP contribution in [0.3, 0.4) is 0 Å². The summed E-state index contributed by atoms with van der Waals surface area (Å²) in [5.41, 5.74) is 9.78. The van der Waals surface area contributed by atoms with E-state index in [0.29, 0.717) is 38.8 Å². The van der Waals surface area contributed by atoms with Crippen molar-refractivity contribution in [1.29, 1.82) is 0 Å². The van der Waals surface area contributed by atoms with Gasteiger partial charge in [0, 0.05) is 16.9 Å². The maximum atomic E-state index is 14.3. The number of carboxylic acids is 1. The molecule has 5 N–H and O–H groups in total. The van der Waals surface area contributed by atoms with Gasteiger partial charge in [-0.2, -0.15) is 0 Å². The molecule has 1 atom stereocenters. The molecule has 4 aromatic carbocycles. The molecule has 0 saturated heterocycles. The van der Waals surface area contributed by atoms with E-state index in [4.69, 9.17) is 15.6 Å². The van der Waals surface area contributed by atoms with Crippen molar-refractivity contribution in [2.24, 2.45) is 0 Å². The van der Waals surface area contributed by atoms with Crippen LogP contribution in [0.1, 0.15) is 99.0 Å². The van der Waals surface area contributed by atoms with Gasteiger partial charge < -0.3 is 36.0 Å². The molecule has 1 aliphatic heterocycles. The highest BCUT2D eigenvalue weighted by Crippen LogP contribution is 2.36. The lowest BCUT2D eigenvalue weighted by Gasteiger charge is -2.25. The first-order valence-electron chi connectivity index (χ1n) is 19.5. The number of hydrogen-bond acceptors (Lipinski definition) is 9. The molecule has 2 heterocycles. The summed E-state index contributed by atoms with van der Waals surface area (Å²) < 4.78 is 5.44. The number of anilines is 4. The first-order valence-corrected chi connectivity index (χ1v) is 20.4. The Balaban J connectivity index is 0.000000427. The number of nitrogens with zero attached hydrogens (tertiary/aromatic N) is 2. The minimum absolute atomic E-state index is 0.188. The van der Waals surface area contributed by atoms with E-state index >= 15 is 0 Å². The standard InChI is InChI=1S/C36H36N4O6S.C11H15NO2/c1-22-15-16-28-29(18-22)40(21-30(41)26-13-7-6-10-23(26)2)32(42)27(20-39(28)33(43)31-14-9-17-47-31)38-35(45)37-25-12-8-11-24(19-25)34(44)46-36(3,4)5;1-11(2,3)9-7(10(13)14)5-4-6-8(9)12/h6-19,27H,20-21H2,1-5H3,(H2,37,38,45);4-6H,12H2,1-3H3,(H,13,14). The average molecular weight is 846 g/mol. The number of nitrogens with two attached hydrogens (primary N) is 1. The van der Waals surface area contributed by atoms with Crippen LogP contribution in [-0.4, -0.2) is 65.4 Å². The summed E-state index contributed by atoms with van der Waals surface area (Å²) in [4.78, 5) is 82.0. The number of nitrogen functional groups attached to an aromatic ring is 1. The molecule has 4 amide bonds. The van der Waals surface area contributed by atoms with Crippen LogP contribution in [0.5, 0.6) is 0 Å². The zero-order valence-corrected chi connectivity index (χ0v) is 36.3. The van der Waals surface area contributed by atoms with E-state index < -0.39 is 35.5 Å². The van der Waals surface area contributed by atoms with Gasteiger partial charge in [-0.3, -0.25) is 14.4 Å². The molecule has 0 aliphatic carbocycles. The number of esters is 1. The molecule has 13 nitrogen and oxygen atoms in total. The number of rotatable bonds is 8. The normalized spacial score (nSPS) is 13.8. The molecule has 61 heavy (non-hydrogen) atoms. The van der Waals surface area contributed by atoms with Crippen LogP contribution in [0.2, 0.25) is 0 Å². The fraction of sp³-hybridized carbons (Fsp3) is 0.277. The number of carbonyl (C=O) groups is 6. The summed E-state index contributed by atoms with van der Waals surface area (Å²) in [6.45, 7) is 14.3. The van der Waals surface area contributed by atoms with Gasteiger partial charge in [-0.15, -0.1) is 11.3 Å². The number of urea groups is 1. The number of benzene rings is 4. The summed E-state index contributed by atoms with van der Waals surface area (Å²) in [6, 6.07) is 25.2. The number of thiophene rings is 1. The van der Waals surface area contributed by atoms with E-state index in [1.165, 1.54) is 27.2 Å². The third kappa shape index (κ3) is 11.3. The van der Waals surface area contributed by atoms with Gasteiger partial charge >= 0.3 is 18.0 Å². The predicted octanol–water partition coefficient (Wildman–Crippen LogP) is 8.65. The third-order valence-electron chi connectivity index (χ3n) is 9.50. The Labute approximate surface area is 359 Å². The van der Waals surface area contributed by atoms with Crippen LogP contribution in [0.25, 0.3) is 0 Å². The first kappa shape index (κ1) is 45.3. The average Bonchev–Trinajstić information content (AvgIpc) is 3.70. The van der Waals surface area contributed by atoms with E-state index in [1.807, 2.05) is 52.8 Å². The lowest BCUT2D eigenvalue weighted by Crippen LogP contribution is -2.54. The van der Waals surface area contributed by atoms with E-state index in [1.54, 1.807) is 98.9 Å². The molecule has 0 spiro atoms. The van der Waals surface area contributed by atoms with Crippen LogP contribution in [0, 0.1) is 13.8 Å². The fourth-order valence-electron chi connectivity index (χ4n) is 6.83. The number of aryl methyl sites for hydroxylation is 2. The molecule has 0 bridgehead atoms. The van der Waals surface area contributed by atoms with Crippen molar-refractivity contribution in [3.8, 4) is 0 Å². The van der Waals surface area contributed by atoms with Crippen LogP contribution in [0.4, 0.5) is 27.5 Å². The number of amides is 4. The largest absolute Gasteiger partial charge is 0.478 e. The molecule has 0 fully saturated rings. The highest BCUT2D eigenvalue weighted by Gasteiger charge is 2.38. The maximum Gasteiger partial charge on any atom is 0.338 e. The van der Waals surface area contributed by atoms with Crippen molar-refractivity contribution >= 4 is 69.7 Å². The SMILES string of the molecule is CC(C)(C)c1c(N)cccc1C(=O)O.Cc1ccc2c(c1)N(CC(=O)c1ccccc1C)C(=O)C(NC(=O)Nc1cccc(C(=O)OC(C)(C)C)c1)CN2C(=O)c1cccs1. The second-order valence-electron chi connectivity index (χ2n) is 16.6. The lowest BCUT2D eigenvalue weighted by atomic mass is 9.82. The Kier molecular flexibility index (Phi) is 13.8. The monoisotopic (exact) mass is 845 g/mol. The maximum absolute atomic E-state index is 14.3. The zero-order chi connectivity index (χ0) is 44.8. The van der Waals surface area contributed by atoms with Crippen molar-refractivity contribution in [2.45, 2.75) is 72.4 Å². The predicted molar refractivity (Wildman–Crippen MR) is 239 cm³/mol. The quantitative estimate of drug-likeness (QED) is 0.0673. The molecule has 1 unspecified atom stereocenters. The molecule has 1 aromatic heterocycles. The van der Waals surface area contributed by atoms with Crippen molar-refractivity contribution in [3.05, 3.63) is 141 Å². The number of Topliss-reactive ketones (excluding diaryl/α,β-unsaturated/α-hetero) is 1. The Morgan fingerprint density at radius 3 is 2.15 bits per heavy atom. The highest BCUT2D eigenvalue weighted by molar-refractivity contribution is 7.12. The molecular weight excluding hydrogens is 795 g/mol. The van der Waals surface area contributed by atoms with Gasteiger partial charge in [-0.25, -0.2) is 14.4 Å². The highest BCUT2D eigenvalue weighted by atomic mass is 32.1. The Bertz CT molecular complexity index is 2470. The molecule has 14 heteroatoms. The number of nitrogens with one attached hydrogen (secondary N) is 2. The topological polar surface area (TPSA) is 188 Å². The Hall–Kier alpha value is -6.80. The minimum Gasteiger partial charge on any atom is -0.478 e. The summed E-state index contributed by atoms with van der Waals surface area (Å²) in [6.07, 6.45) is 0. The van der Waals surface area contributed by atoms with Crippen molar-refractivity contribution in [2.75, 3.05) is 33.9 Å². The summed E-state index contributed by atoms with van der Waals surface area (Å²) >= 11 is 1.26. The number of ether oxygens (including phenoxy) is 1. The zero-order valence-electron chi connectivity index (χ0n) is 35.5. The number of ketones is 1. The molecule has 0 saturated carbocycles. The van der Waals surface area contributed by atoms with E-state index in [0.717, 1.165) is 11.1 Å². The second kappa shape index (κ2) is 18.6. The minimum atomic E-state index is -1.23. The van der Waals surface area contributed by atoms with Crippen LogP contribution >= 0.6 is 11.3 Å². The second-order valence-corrected chi connectivity index (χ2v) is 17.6. The summed E-state index contributed by atoms with van der Waals surface area (Å²) in [7, 11) is 0. The van der Waals surface area contributed by atoms with Gasteiger partial charge in [-0.1, -0.05) is 69.3 Å². The first-order chi connectivity index (χ1) is 28.6.